The van der Waals surface area contributed by atoms with Gasteiger partial charge in [0.05, 0.1) is 49.8 Å². The van der Waals surface area contributed by atoms with E-state index in [-0.39, 0.29) is 65.0 Å². The van der Waals surface area contributed by atoms with Crippen LogP contribution in [0.2, 0.25) is 0 Å². The zero-order valence-electron chi connectivity index (χ0n) is 48.2. The Morgan fingerprint density at radius 1 is 0.659 bits per heavy atom. The second-order valence-electron chi connectivity index (χ2n) is 26.3. The average Bonchev–Trinajstić information content (AvgIpc) is 1.46. The molecule has 28 heteroatoms. The van der Waals surface area contributed by atoms with Crippen molar-refractivity contribution in [2.45, 2.75) is 253 Å². The molecular formula is C54H85NaO26S. The van der Waals surface area contributed by atoms with Gasteiger partial charge in [0.2, 0.25) is 10.4 Å². The monoisotopic (exact) mass is 1200 g/mol. The Kier molecular flexibility index (Phi) is 18.9. The van der Waals surface area contributed by atoms with Crippen LogP contribution in [-0.4, -0.2) is 243 Å². The van der Waals surface area contributed by atoms with E-state index in [0.717, 1.165) is 31.3 Å². The molecule has 464 valence electrons. The number of aliphatic hydroxyl groups excluding tert-OH is 10. The van der Waals surface area contributed by atoms with Crippen molar-refractivity contribution < 1.29 is 155 Å². The molecule has 4 aliphatic carbocycles. The summed E-state index contributed by atoms with van der Waals surface area (Å²) >= 11 is 0. The minimum Gasteiger partial charge on any atom is -0.726 e. The molecule has 0 aromatic carbocycles. The normalized spacial score (nSPS) is 52.6. The molecule has 1 spiro atoms. The molecule has 26 nitrogen and oxygen atoms in total. The first-order valence-corrected chi connectivity index (χ1v) is 29.8. The Labute approximate surface area is 499 Å². The van der Waals surface area contributed by atoms with Gasteiger partial charge in [0.25, 0.3) is 0 Å². The van der Waals surface area contributed by atoms with Crippen molar-refractivity contribution in [1.82, 2.24) is 0 Å². The Balaban J connectivity index is 0.00000810. The van der Waals surface area contributed by atoms with E-state index in [4.69, 9.17) is 52.1 Å². The van der Waals surface area contributed by atoms with Gasteiger partial charge in [0.15, 0.2) is 25.2 Å². The molecule has 29 atom stereocenters. The fraction of sp³-hybridized carbons (Fsp3) is 0.944. The van der Waals surface area contributed by atoms with Crippen LogP contribution in [0.4, 0.5) is 0 Å². The average molecular weight is 1210 g/mol. The number of cyclic esters (lactones) is 1. The van der Waals surface area contributed by atoms with E-state index in [1.807, 2.05) is 26.8 Å². The van der Waals surface area contributed by atoms with E-state index >= 15 is 0 Å². The summed E-state index contributed by atoms with van der Waals surface area (Å²) in [6, 6.07) is 0. The maximum Gasteiger partial charge on any atom is 1.00 e. The van der Waals surface area contributed by atoms with Crippen molar-refractivity contribution in [3.8, 4) is 0 Å². The number of carbonyl (C=O) groups is 1. The smallest absolute Gasteiger partial charge is 0.726 e. The summed E-state index contributed by atoms with van der Waals surface area (Å²) in [4.78, 5) is 14.6. The number of allylic oxidation sites excluding steroid dienone is 1. The van der Waals surface area contributed by atoms with Gasteiger partial charge in [0, 0.05) is 13.0 Å². The van der Waals surface area contributed by atoms with Crippen LogP contribution in [0.25, 0.3) is 0 Å². The summed E-state index contributed by atoms with van der Waals surface area (Å²) in [6.07, 6.45) is -27.0. The molecule has 3 saturated carbocycles. The number of carbonyl (C=O) groups excluding carboxylic acids is 1. The van der Waals surface area contributed by atoms with E-state index in [0.29, 0.717) is 25.7 Å². The molecule has 10 aliphatic rings. The van der Waals surface area contributed by atoms with Gasteiger partial charge in [-0.2, -0.15) is 0 Å². The maximum atomic E-state index is 14.6. The van der Waals surface area contributed by atoms with Crippen LogP contribution in [0, 0.1) is 39.4 Å². The summed E-state index contributed by atoms with van der Waals surface area (Å²) in [5.41, 5.74) is -3.09. The van der Waals surface area contributed by atoms with Crippen molar-refractivity contribution in [3.05, 3.63) is 11.6 Å². The number of rotatable bonds is 14. The van der Waals surface area contributed by atoms with Crippen LogP contribution in [0.3, 0.4) is 0 Å². The molecule has 0 amide bonds. The Morgan fingerprint density at radius 3 is 1.85 bits per heavy atom. The second-order valence-corrected chi connectivity index (χ2v) is 27.4. The number of methoxy groups -OCH3 is 1. The van der Waals surface area contributed by atoms with E-state index in [9.17, 15) is 68.8 Å². The van der Waals surface area contributed by atoms with Gasteiger partial charge in [-0.15, -0.1) is 0 Å². The predicted molar refractivity (Wildman–Crippen MR) is 270 cm³/mol. The molecule has 0 aromatic heterocycles. The van der Waals surface area contributed by atoms with Crippen molar-refractivity contribution in [2.24, 2.45) is 39.4 Å². The van der Waals surface area contributed by atoms with Gasteiger partial charge < -0.3 is 108 Å². The zero-order valence-corrected chi connectivity index (χ0v) is 51.0. The van der Waals surface area contributed by atoms with E-state index in [1.165, 1.54) is 14.0 Å². The number of ether oxygens (including phenoxy) is 11. The quantitative estimate of drug-likeness (QED) is 0.0195. The third-order valence-corrected chi connectivity index (χ3v) is 21.7. The van der Waals surface area contributed by atoms with E-state index < -0.39 is 186 Å². The summed E-state index contributed by atoms with van der Waals surface area (Å²) in [7, 11) is -4.25. The van der Waals surface area contributed by atoms with Gasteiger partial charge >= 0.3 is 35.5 Å². The molecule has 9 fully saturated rings. The van der Waals surface area contributed by atoms with Gasteiger partial charge in [-0.05, 0) is 107 Å². The van der Waals surface area contributed by atoms with Crippen LogP contribution >= 0.6 is 0 Å². The topological polar surface area (TPSA) is 387 Å². The summed E-state index contributed by atoms with van der Waals surface area (Å²) in [5.74, 6) is -0.736. The van der Waals surface area contributed by atoms with Gasteiger partial charge in [-0.1, -0.05) is 39.3 Å². The molecule has 0 bridgehead atoms. The van der Waals surface area contributed by atoms with Gasteiger partial charge in [-0.25, -0.2) is 8.42 Å². The van der Waals surface area contributed by atoms with E-state index in [2.05, 4.69) is 31.9 Å². The first-order valence-electron chi connectivity index (χ1n) is 28.5. The van der Waals surface area contributed by atoms with Crippen molar-refractivity contribution in [3.63, 3.8) is 0 Å². The minimum absolute atomic E-state index is 0. The minimum atomic E-state index is -5.43. The Bertz CT molecular complexity index is 2440. The predicted octanol–water partition coefficient (Wildman–Crippen LogP) is -4.72. The van der Waals surface area contributed by atoms with Crippen molar-refractivity contribution in [1.29, 1.82) is 0 Å². The Hall–Kier alpha value is -0.720. The molecule has 6 saturated heterocycles. The van der Waals surface area contributed by atoms with Gasteiger partial charge in [0.1, 0.15) is 96.5 Å². The number of fused-ring (bicyclic) bond motifs is 4. The fourth-order valence-electron chi connectivity index (χ4n) is 17.0. The summed E-state index contributed by atoms with van der Waals surface area (Å²) in [6.45, 7) is 13.7. The maximum absolute atomic E-state index is 14.6. The first kappa shape index (κ1) is 65.7. The molecule has 10 rings (SSSR count). The number of hydrogen-bond donors (Lipinski definition) is 10. The first-order chi connectivity index (χ1) is 37.8. The van der Waals surface area contributed by atoms with Crippen molar-refractivity contribution in [2.75, 3.05) is 26.9 Å². The van der Waals surface area contributed by atoms with Crippen LogP contribution in [0.1, 0.15) is 107 Å². The number of hydrogen-bond acceptors (Lipinski definition) is 26. The Morgan fingerprint density at radius 2 is 1.26 bits per heavy atom. The van der Waals surface area contributed by atoms with Crippen LogP contribution in [-0.2, 0) is 71.5 Å². The molecule has 82 heavy (non-hydrogen) atoms. The van der Waals surface area contributed by atoms with Crippen LogP contribution < -0.4 is 29.6 Å². The molecule has 0 aromatic rings. The van der Waals surface area contributed by atoms with Crippen LogP contribution in [0.5, 0.6) is 0 Å². The molecular weight excluding hydrogens is 1120 g/mol. The standard InChI is InChI=1S/C54H86O26S.Na/c1-22-40(75-46-39(64)42(34(59)26(20-56)73-46)76-45-38(63)41(69-9)33(58)25(19-55)72-45)36(61)37(62)44(71-22)77-43-35(60)27(80-81(66,67)68)21-70-47(43)74-31-14-16-51(6)24-18-30(57)54-29(53(8,79-48(54)65)32-13-15-49(2,3)78-32)12-17-52(54,7)23(24)10-11-28(51)50(31,4)5;/h18,22-23,25-47,55-64H,10-17,19-21H2,1-9H3,(H,66,67,68);/q;+1/p-1/t22-,23-,25-,26-,27-,28+,29-,30+,31+,32?,33-,34-,35+,36-,37-,38-,39-,40-,41+,42+,43-,44+,45+,46+,47+,51-,52+,53-,54+;/m1./s1. The zero-order chi connectivity index (χ0) is 59.1. The largest absolute Gasteiger partial charge is 1.00 e. The molecule has 6 heterocycles. The van der Waals surface area contributed by atoms with Crippen LogP contribution in [0.15, 0.2) is 11.6 Å². The van der Waals surface area contributed by atoms with Crippen molar-refractivity contribution >= 4 is 16.4 Å². The third-order valence-electron chi connectivity index (χ3n) is 21.2. The summed E-state index contributed by atoms with van der Waals surface area (Å²) in [5, 5.41) is 112. The molecule has 1 unspecified atom stereocenters. The van der Waals surface area contributed by atoms with Gasteiger partial charge in [-0.3, -0.25) is 8.98 Å². The number of esters is 1. The fourth-order valence-corrected chi connectivity index (χ4v) is 17.4. The van der Waals surface area contributed by atoms with E-state index in [1.54, 1.807) is 0 Å². The molecule has 6 aliphatic heterocycles. The second kappa shape index (κ2) is 23.6. The third kappa shape index (κ3) is 10.7. The summed E-state index contributed by atoms with van der Waals surface area (Å²) < 4.78 is 107. The SMILES string of the molecule is CO[C@@H]1[C@@H](O)[C@H](O[C@@H]2[C@@H](O)[C@H](O[C@H]3[C@H](O)[C@@H](O)[C@H](O[C@H]4[C@H](O[C@H]5CC[C@]6(C)C7=C[C@H](O)[C@]89C(=O)O[C@@](C)(C%10CCC(C)(C)O%10)[C@H]8CC[C@@]9(C)[C@@H]7CC[C@H]6C5(C)C)OC[C@@H](OS(=O)(=O)[O-])[C@@H]4O)O[C@@H]3C)O[C@H](CO)[C@H]2O)O[C@H](CO)[C@H]1O.[Na+]. The number of aliphatic hydroxyl groups is 10. The molecule has 0 radical (unpaired) electrons. The molecule has 10 N–H and O–H groups in total.